The van der Waals surface area contributed by atoms with E-state index in [0.717, 1.165) is 16.8 Å². The van der Waals surface area contributed by atoms with Gasteiger partial charge in [-0.05, 0) is 30.5 Å². The van der Waals surface area contributed by atoms with Gasteiger partial charge in [0.25, 0.3) is 5.91 Å². The molecule has 1 aromatic heterocycles. The molecule has 0 radical (unpaired) electrons. The molecule has 0 bridgehead atoms. The number of amidine groups is 1. The summed E-state index contributed by atoms with van der Waals surface area (Å²) in [7, 11) is 3.14. The minimum absolute atomic E-state index is 0. The van der Waals surface area contributed by atoms with Gasteiger partial charge in [0, 0.05) is 56.2 Å². The van der Waals surface area contributed by atoms with E-state index in [9.17, 15) is 14.4 Å². The molecule has 11 heteroatoms. The number of methoxy groups -OCH3 is 1. The lowest BCUT2D eigenvalue weighted by atomic mass is 9.84. The van der Waals surface area contributed by atoms with Crippen molar-refractivity contribution in [2.45, 2.75) is 52.5 Å². The molecule has 1 aromatic carbocycles. The number of hydrogen-bond donors (Lipinski definition) is 2. The van der Waals surface area contributed by atoms with Crippen molar-refractivity contribution in [1.29, 1.82) is 5.41 Å². The van der Waals surface area contributed by atoms with Gasteiger partial charge in [0.05, 0.1) is 25.9 Å². The Kier molecular flexibility index (Phi) is 9.60. The van der Waals surface area contributed by atoms with Crippen molar-refractivity contribution < 1.29 is 23.9 Å². The molecule has 216 valence electrons. The van der Waals surface area contributed by atoms with E-state index >= 15 is 0 Å². The molecule has 2 aliphatic rings. The van der Waals surface area contributed by atoms with Crippen molar-refractivity contribution in [1.82, 2.24) is 15.2 Å². The summed E-state index contributed by atoms with van der Waals surface area (Å²) in [6.45, 7) is 9.83. The van der Waals surface area contributed by atoms with Crippen LogP contribution < -0.4 is 19.7 Å². The summed E-state index contributed by atoms with van der Waals surface area (Å²) in [4.78, 5) is 46.2. The number of pyridine rings is 1. The number of fused-ring (bicyclic) bond motifs is 1. The number of ketones is 2. The molecule has 0 atom stereocenters. The van der Waals surface area contributed by atoms with Crippen LogP contribution in [0.3, 0.4) is 0 Å². The molecule has 4 rings (SSSR count). The molecule has 3 heterocycles. The van der Waals surface area contributed by atoms with E-state index in [-0.39, 0.29) is 52.0 Å². The molecule has 1 saturated heterocycles. The van der Waals surface area contributed by atoms with Gasteiger partial charge in [-0.2, -0.15) is 0 Å². The minimum atomic E-state index is -0.400. The van der Waals surface area contributed by atoms with E-state index in [1.54, 1.807) is 18.1 Å². The fourth-order valence-electron chi connectivity index (χ4n) is 5.02. The van der Waals surface area contributed by atoms with Crippen molar-refractivity contribution in [2.24, 2.45) is 0 Å². The number of aromatic nitrogens is 1. The number of halogens is 1. The quantitative estimate of drug-likeness (QED) is 0.428. The van der Waals surface area contributed by atoms with Gasteiger partial charge < -0.3 is 24.6 Å². The number of nitrogens with one attached hydrogen (secondary N) is 2. The van der Waals surface area contributed by atoms with Gasteiger partial charge in [-0.25, -0.2) is 4.98 Å². The summed E-state index contributed by atoms with van der Waals surface area (Å²) in [5.74, 6) is 0.845. The van der Waals surface area contributed by atoms with Crippen LogP contribution in [0, 0.1) is 5.41 Å². The fraction of sp³-hybridized carbons (Fsp3) is 0.483. The first-order valence-corrected chi connectivity index (χ1v) is 13.2. The number of carbonyl (C=O) groups is 3. The molecule has 0 saturated carbocycles. The van der Waals surface area contributed by atoms with Gasteiger partial charge in [-0.1, -0.05) is 20.8 Å². The van der Waals surface area contributed by atoms with E-state index in [1.165, 1.54) is 7.05 Å². The Morgan fingerprint density at radius 1 is 1.15 bits per heavy atom. The summed E-state index contributed by atoms with van der Waals surface area (Å²) in [6, 6.07) is 5.45. The van der Waals surface area contributed by atoms with Crippen LogP contribution in [-0.2, 0) is 16.8 Å². The maximum absolute atomic E-state index is 13.7. The van der Waals surface area contributed by atoms with Crippen LogP contribution in [0.15, 0.2) is 18.2 Å². The predicted octanol–water partition coefficient (Wildman–Crippen LogP) is 3.92. The smallest absolute Gasteiger partial charge is 0.273 e. The SMILES string of the molecule is Br.CCOc1cc2c(nc1C(=O)NC)C(=N)N(CC(=O)c1cc(N3CCC(=O)CC3)c(OC)c(C(C)(C)C)c1)C2. The fourth-order valence-corrected chi connectivity index (χ4v) is 5.02. The first-order valence-electron chi connectivity index (χ1n) is 13.2. The number of piperidine rings is 1. The molecule has 1 fully saturated rings. The summed E-state index contributed by atoms with van der Waals surface area (Å²) in [5, 5.41) is 11.3. The highest BCUT2D eigenvalue weighted by Crippen LogP contribution is 2.41. The van der Waals surface area contributed by atoms with E-state index in [2.05, 4.69) is 36.0 Å². The third kappa shape index (κ3) is 6.14. The van der Waals surface area contributed by atoms with Gasteiger partial charge in [-0.3, -0.25) is 19.8 Å². The van der Waals surface area contributed by atoms with Crippen LogP contribution >= 0.6 is 17.0 Å². The number of benzene rings is 1. The number of anilines is 1. The van der Waals surface area contributed by atoms with Crippen LogP contribution in [-0.4, -0.2) is 73.6 Å². The molecular weight excluding hydrogens is 578 g/mol. The second kappa shape index (κ2) is 12.4. The minimum Gasteiger partial charge on any atom is -0.494 e. The molecule has 10 nitrogen and oxygen atoms in total. The lowest BCUT2D eigenvalue weighted by Gasteiger charge is -2.33. The Labute approximate surface area is 245 Å². The van der Waals surface area contributed by atoms with Gasteiger partial charge >= 0.3 is 0 Å². The molecule has 0 spiro atoms. The van der Waals surface area contributed by atoms with E-state index in [4.69, 9.17) is 14.9 Å². The van der Waals surface area contributed by atoms with Crippen molar-refractivity contribution in [3.05, 3.63) is 46.3 Å². The number of ether oxygens (including phenoxy) is 2. The second-order valence-electron chi connectivity index (χ2n) is 10.8. The lowest BCUT2D eigenvalue weighted by molar-refractivity contribution is -0.119. The lowest BCUT2D eigenvalue weighted by Crippen LogP contribution is -2.35. The van der Waals surface area contributed by atoms with E-state index in [1.807, 2.05) is 19.1 Å². The maximum Gasteiger partial charge on any atom is 0.273 e. The Morgan fingerprint density at radius 3 is 2.40 bits per heavy atom. The standard InChI is InChI=1S/C29H37N5O5.BrH/c1-7-39-23-14-18-15-34(27(30)24(18)32-25(23)28(37)31-5)16-22(36)17-12-20(29(2,3)4)26(38-6)21(13-17)33-10-8-19(35)9-11-33;/h12-14,30H,7-11,15-16H2,1-6H3,(H,31,37);1H. The third-order valence-electron chi connectivity index (χ3n) is 7.11. The Morgan fingerprint density at radius 2 is 1.82 bits per heavy atom. The topological polar surface area (TPSA) is 125 Å². The molecule has 2 aliphatic heterocycles. The monoisotopic (exact) mass is 615 g/mol. The van der Waals surface area contributed by atoms with Gasteiger partial charge in [-0.15, -0.1) is 17.0 Å². The highest BCUT2D eigenvalue weighted by atomic mass is 79.9. The van der Waals surface area contributed by atoms with Crippen LogP contribution in [0.5, 0.6) is 11.5 Å². The van der Waals surface area contributed by atoms with Crippen molar-refractivity contribution in [2.75, 3.05) is 45.3 Å². The Balaban J connectivity index is 0.00000441. The summed E-state index contributed by atoms with van der Waals surface area (Å²) < 4.78 is 11.5. The van der Waals surface area contributed by atoms with Crippen molar-refractivity contribution in [3.63, 3.8) is 0 Å². The Hall–Kier alpha value is -3.47. The number of hydrogen-bond acceptors (Lipinski definition) is 8. The van der Waals surface area contributed by atoms with E-state index < -0.39 is 5.91 Å². The highest BCUT2D eigenvalue weighted by molar-refractivity contribution is 8.93. The highest BCUT2D eigenvalue weighted by Gasteiger charge is 2.32. The molecule has 0 unspecified atom stereocenters. The zero-order valence-electron chi connectivity index (χ0n) is 24.0. The van der Waals surface area contributed by atoms with Gasteiger partial charge in [0.15, 0.2) is 17.2 Å². The Bertz CT molecular complexity index is 1330. The van der Waals surface area contributed by atoms with Crippen LogP contribution in [0.1, 0.15) is 78.2 Å². The zero-order valence-corrected chi connectivity index (χ0v) is 25.7. The number of amides is 1. The largest absolute Gasteiger partial charge is 0.494 e. The van der Waals surface area contributed by atoms with Crippen molar-refractivity contribution >= 4 is 46.0 Å². The molecule has 2 aromatic rings. The summed E-state index contributed by atoms with van der Waals surface area (Å²) in [6.07, 6.45) is 0.925. The molecule has 1 amide bonds. The first-order chi connectivity index (χ1) is 18.5. The second-order valence-corrected chi connectivity index (χ2v) is 10.8. The normalized spacial score (nSPS) is 14.9. The predicted molar refractivity (Wildman–Crippen MR) is 159 cm³/mol. The first kappa shape index (κ1) is 31.1. The van der Waals surface area contributed by atoms with Crippen molar-refractivity contribution in [3.8, 4) is 11.5 Å². The van der Waals surface area contributed by atoms with Gasteiger partial charge in [0.1, 0.15) is 23.1 Å². The maximum atomic E-state index is 13.7. The third-order valence-corrected chi connectivity index (χ3v) is 7.11. The molecule has 40 heavy (non-hydrogen) atoms. The van der Waals surface area contributed by atoms with Crippen LogP contribution in [0.4, 0.5) is 5.69 Å². The number of Topliss-reactive ketones (excluding diaryl/α,β-unsaturated/α-hetero) is 2. The number of rotatable bonds is 8. The summed E-state index contributed by atoms with van der Waals surface area (Å²) in [5.41, 5.74) is 3.14. The average Bonchev–Trinajstić information content (AvgIpc) is 3.20. The summed E-state index contributed by atoms with van der Waals surface area (Å²) >= 11 is 0. The number of carbonyl (C=O) groups excluding carboxylic acids is 3. The molecular formula is C29H38BrN5O5. The molecule has 0 aliphatic carbocycles. The zero-order chi connectivity index (χ0) is 28.5. The van der Waals surface area contributed by atoms with Gasteiger partial charge in [0.2, 0.25) is 0 Å². The van der Waals surface area contributed by atoms with E-state index in [0.29, 0.717) is 61.8 Å². The number of nitrogens with zero attached hydrogens (tertiary/aromatic N) is 3. The van der Waals surface area contributed by atoms with Crippen LogP contribution in [0.2, 0.25) is 0 Å². The average molecular weight is 617 g/mol. The van der Waals surface area contributed by atoms with Crippen LogP contribution in [0.25, 0.3) is 0 Å². The molecule has 2 N–H and O–H groups in total.